The van der Waals surface area contributed by atoms with E-state index in [0.717, 1.165) is 23.3 Å². The second-order valence-electron chi connectivity index (χ2n) is 7.25. The molecule has 3 rings (SSSR count). The van der Waals surface area contributed by atoms with Crippen molar-refractivity contribution in [2.24, 2.45) is 0 Å². The highest BCUT2D eigenvalue weighted by molar-refractivity contribution is 6.10. The molecule has 4 amide bonds. The zero-order chi connectivity index (χ0) is 21.9. The van der Waals surface area contributed by atoms with Crippen molar-refractivity contribution in [1.29, 1.82) is 0 Å². The van der Waals surface area contributed by atoms with E-state index >= 15 is 0 Å². The number of nitro benzene ring substituents is 1. The van der Waals surface area contributed by atoms with Crippen molar-refractivity contribution in [3.8, 4) is 0 Å². The molecule has 0 saturated carbocycles. The first-order valence-electron chi connectivity index (χ1n) is 9.52. The van der Waals surface area contributed by atoms with Crippen LogP contribution in [0.15, 0.2) is 48.5 Å². The van der Waals surface area contributed by atoms with Crippen LogP contribution in [0.1, 0.15) is 31.4 Å². The topological polar surface area (TPSA) is 122 Å². The molecule has 156 valence electrons. The summed E-state index contributed by atoms with van der Waals surface area (Å²) >= 11 is 0. The highest BCUT2D eigenvalue weighted by atomic mass is 16.6. The van der Waals surface area contributed by atoms with Crippen LogP contribution in [0, 0.1) is 10.1 Å². The standard InChI is InChI=1S/C21H22N4O5/c1-3-4-14-5-9-16(10-6-14)22-18(26)13-24-19(27)21(2,23-20(24)28)15-7-11-17(12-8-15)25(29)30/h5-12H,3-4,13H2,1-2H3,(H,22,26)(H,23,28). The Kier molecular flexibility index (Phi) is 5.81. The lowest BCUT2D eigenvalue weighted by Crippen LogP contribution is -2.42. The van der Waals surface area contributed by atoms with E-state index in [2.05, 4.69) is 17.6 Å². The summed E-state index contributed by atoms with van der Waals surface area (Å²) in [6.45, 7) is 3.14. The first kappa shape index (κ1) is 21.0. The molecule has 0 aliphatic carbocycles. The molecule has 1 atom stereocenters. The third kappa shape index (κ3) is 4.14. The SMILES string of the molecule is CCCc1ccc(NC(=O)CN2C(=O)NC(C)(c3ccc([N+](=O)[O-])cc3)C2=O)cc1. The Balaban J connectivity index is 1.69. The van der Waals surface area contributed by atoms with Crippen LogP contribution < -0.4 is 10.6 Å². The molecule has 1 saturated heterocycles. The van der Waals surface area contributed by atoms with Crippen LogP contribution in [0.3, 0.4) is 0 Å². The van der Waals surface area contributed by atoms with Crippen LogP contribution >= 0.6 is 0 Å². The molecule has 0 radical (unpaired) electrons. The van der Waals surface area contributed by atoms with Gasteiger partial charge in [0, 0.05) is 17.8 Å². The minimum absolute atomic E-state index is 0.125. The molecule has 30 heavy (non-hydrogen) atoms. The van der Waals surface area contributed by atoms with E-state index in [-0.39, 0.29) is 5.69 Å². The number of carbonyl (C=O) groups is 3. The number of aryl methyl sites for hydroxylation is 1. The predicted octanol–water partition coefficient (Wildman–Crippen LogP) is 2.95. The van der Waals surface area contributed by atoms with Gasteiger partial charge in [0.2, 0.25) is 5.91 Å². The van der Waals surface area contributed by atoms with E-state index in [1.54, 1.807) is 12.1 Å². The molecule has 0 spiro atoms. The third-order valence-corrected chi connectivity index (χ3v) is 5.01. The fourth-order valence-corrected chi connectivity index (χ4v) is 3.34. The monoisotopic (exact) mass is 410 g/mol. The van der Waals surface area contributed by atoms with Gasteiger partial charge >= 0.3 is 6.03 Å². The van der Waals surface area contributed by atoms with Gasteiger partial charge in [-0.25, -0.2) is 4.79 Å². The summed E-state index contributed by atoms with van der Waals surface area (Å²) in [6.07, 6.45) is 1.96. The number of urea groups is 1. The predicted molar refractivity (Wildman–Crippen MR) is 110 cm³/mol. The number of hydrogen-bond donors (Lipinski definition) is 2. The zero-order valence-electron chi connectivity index (χ0n) is 16.7. The Hall–Kier alpha value is -3.75. The van der Waals surface area contributed by atoms with E-state index < -0.39 is 34.9 Å². The van der Waals surface area contributed by atoms with Crippen LogP contribution in [0.5, 0.6) is 0 Å². The Morgan fingerprint density at radius 3 is 2.33 bits per heavy atom. The molecule has 9 nitrogen and oxygen atoms in total. The number of carbonyl (C=O) groups excluding carboxylic acids is 3. The van der Waals surface area contributed by atoms with Gasteiger partial charge in [-0.2, -0.15) is 0 Å². The minimum atomic E-state index is -1.41. The van der Waals surface area contributed by atoms with Gasteiger partial charge in [-0.15, -0.1) is 0 Å². The lowest BCUT2D eigenvalue weighted by Gasteiger charge is -2.22. The molecule has 9 heteroatoms. The van der Waals surface area contributed by atoms with Crippen molar-refractivity contribution in [2.45, 2.75) is 32.2 Å². The lowest BCUT2D eigenvalue weighted by molar-refractivity contribution is -0.384. The minimum Gasteiger partial charge on any atom is -0.325 e. The van der Waals surface area contributed by atoms with Crippen LogP contribution in [-0.4, -0.2) is 34.2 Å². The number of imide groups is 1. The normalized spacial score (nSPS) is 18.3. The average Bonchev–Trinajstić information content (AvgIpc) is 2.93. The van der Waals surface area contributed by atoms with Gasteiger partial charge in [0.15, 0.2) is 0 Å². The van der Waals surface area contributed by atoms with Crippen LogP contribution in [0.2, 0.25) is 0 Å². The highest BCUT2D eigenvalue weighted by Crippen LogP contribution is 2.30. The number of non-ortho nitro benzene ring substituents is 1. The van der Waals surface area contributed by atoms with E-state index in [1.807, 2.05) is 12.1 Å². The van der Waals surface area contributed by atoms with Gasteiger partial charge in [-0.1, -0.05) is 25.5 Å². The van der Waals surface area contributed by atoms with Gasteiger partial charge in [-0.05, 0) is 48.7 Å². The lowest BCUT2D eigenvalue weighted by atomic mass is 9.92. The van der Waals surface area contributed by atoms with Crippen molar-refractivity contribution in [1.82, 2.24) is 10.2 Å². The van der Waals surface area contributed by atoms with E-state index in [0.29, 0.717) is 11.3 Å². The molecule has 0 aromatic heterocycles. The second kappa shape index (κ2) is 8.32. The molecule has 1 heterocycles. The van der Waals surface area contributed by atoms with Gasteiger partial charge < -0.3 is 10.6 Å². The molecule has 1 fully saturated rings. The average molecular weight is 410 g/mol. The molecule has 1 aliphatic heterocycles. The number of hydrogen-bond acceptors (Lipinski definition) is 5. The summed E-state index contributed by atoms with van der Waals surface area (Å²) in [6, 6.07) is 12.0. The van der Waals surface area contributed by atoms with Gasteiger partial charge in [-0.3, -0.25) is 24.6 Å². The number of nitrogens with zero attached hydrogens (tertiary/aromatic N) is 2. The number of nitro groups is 1. The van der Waals surface area contributed by atoms with Crippen molar-refractivity contribution in [3.05, 3.63) is 69.8 Å². The van der Waals surface area contributed by atoms with Crippen LogP contribution in [0.25, 0.3) is 0 Å². The smallest absolute Gasteiger partial charge is 0.325 e. The quantitative estimate of drug-likeness (QED) is 0.413. The van der Waals surface area contributed by atoms with Crippen molar-refractivity contribution < 1.29 is 19.3 Å². The Labute approximate surface area is 173 Å². The number of benzene rings is 2. The number of anilines is 1. The first-order valence-corrected chi connectivity index (χ1v) is 9.52. The summed E-state index contributed by atoms with van der Waals surface area (Å²) in [7, 11) is 0. The van der Waals surface area contributed by atoms with Gasteiger partial charge in [0.1, 0.15) is 12.1 Å². The van der Waals surface area contributed by atoms with E-state index in [9.17, 15) is 24.5 Å². The molecular formula is C21H22N4O5. The summed E-state index contributed by atoms with van der Waals surface area (Å²) in [4.78, 5) is 48.7. The highest BCUT2D eigenvalue weighted by Gasteiger charge is 2.49. The van der Waals surface area contributed by atoms with Gasteiger partial charge in [0.25, 0.3) is 11.6 Å². The summed E-state index contributed by atoms with van der Waals surface area (Å²) < 4.78 is 0. The molecule has 2 aromatic carbocycles. The molecule has 2 aromatic rings. The fraction of sp³-hybridized carbons (Fsp3) is 0.286. The molecule has 0 bridgehead atoms. The maximum atomic E-state index is 12.9. The van der Waals surface area contributed by atoms with Crippen molar-refractivity contribution >= 4 is 29.2 Å². The molecule has 1 unspecified atom stereocenters. The molecular weight excluding hydrogens is 388 g/mol. The Bertz CT molecular complexity index is 987. The first-order chi connectivity index (χ1) is 14.2. The van der Waals surface area contributed by atoms with Crippen LogP contribution in [-0.2, 0) is 21.5 Å². The van der Waals surface area contributed by atoms with E-state index in [4.69, 9.17) is 0 Å². The zero-order valence-corrected chi connectivity index (χ0v) is 16.7. The van der Waals surface area contributed by atoms with Gasteiger partial charge in [0.05, 0.1) is 4.92 Å². The number of rotatable bonds is 7. The second-order valence-corrected chi connectivity index (χ2v) is 7.25. The number of amides is 4. The fourth-order valence-electron chi connectivity index (χ4n) is 3.34. The van der Waals surface area contributed by atoms with Crippen molar-refractivity contribution in [2.75, 3.05) is 11.9 Å². The maximum Gasteiger partial charge on any atom is 0.325 e. The summed E-state index contributed by atoms with van der Waals surface area (Å²) in [5.41, 5.74) is 0.587. The Morgan fingerprint density at radius 1 is 1.13 bits per heavy atom. The maximum absolute atomic E-state index is 12.9. The summed E-state index contributed by atoms with van der Waals surface area (Å²) in [5, 5.41) is 16.1. The van der Waals surface area contributed by atoms with Crippen molar-refractivity contribution in [3.63, 3.8) is 0 Å². The van der Waals surface area contributed by atoms with E-state index in [1.165, 1.54) is 31.2 Å². The largest absolute Gasteiger partial charge is 0.325 e. The summed E-state index contributed by atoms with van der Waals surface area (Å²) in [5.74, 6) is -1.11. The number of nitrogens with one attached hydrogen (secondary N) is 2. The third-order valence-electron chi connectivity index (χ3n) is 5.01. The molecule has 2 N–H and O–H groups in total. The Morgan fingerprint density at radius 2 is 1.77 bits per heavy atom. The van der Waals surface area contributed by atoms with Crippen LogP contribution in [0.4, 0.5) is 16.2 Å². The molecule has 1 aliphatic rings.